The molecule has 1 spiro atoms. The number of aliphatic hydroxyl groups is 6. The molecule has 2 aromatic carbocycles. The zero-order valence-electron chi connectivity index (χ0n) is 18.6. The first-order valence-corrected chi connectivity index (χ1v) is 11.3. The topological polar surface area (TPSA) is 140 Å². The van der Waals surface area contributed by atoms with E-state index in [9.17, 15) is 30.6 Å². The number of fused-ring (bicyclic) bond motifs is 5. The van der Waals surface area contributed by atoms with Gasteiger partial charge in [-0.25, -0.2) is 0 Å². The maximum absolute atomic E-state index is 10.5. The van der Waals surface area contributed by atoms with Crippen LogP contribution in [0.5, 0.6) is 0 Å². The molecule has 8 nitrogen and oxygen atoms in total. The van der Waals surface area contributed by atoms with Crippen molar-refractivity contribution >= 4 is 0 Å². The summed E-state index contributed by atoms with van der Waals surface area (Å²) in [7, 11) is 0. The lowest BCUT2D eigenvalue weighted by molar-refractivity contribution is -0.214. The number of rotatable bonds is 1. The second-order valence-corrected chi connectivity index (χ2v) is 9.31. The molecule has 2 saturated heterocycles. The van der Waals surface area contributed by atoms with Gasteiger partial charge in [0.2, 0.25) is 0 Å². The number of aliphatic hydroxyl groups excluding tert-OH is 6. The number of hydrogen-bond donors (Lipinski definition) is 6. The standard InChI is InChI=1S/C26H28O8/c1-13-2-5-15-16-6-3-14(4-7-21-23(30)25(32)24(31)22(11-27)34-21)9-18(16)26(17(15)8-13)10-19(28)20(29)12-33-26/h2-3,5-6,8-9,19-25,27-32H,10-12H2,1H3/t19-,20+,21+,22+,23+,24+,25+,26?/m0/s1. The number of benzene rings is 2. The molecule has 1 unspecified atom stereocenters. The smallest absolute Gasteiger partial charge is 0.147 e. The van der Waals surface area contributed by atoms with Crippen LogP contribution in [0.4, 0.5) is 0 Å². The van der Waals surface area contributed by atoms with Crippen molar-refractivity contribution < 1.29 is 40.1 Å². The van der Waals surface area contributed by atoms with Crippen molar-refractivity contribution in [3.8, 4) is 23.0 Å². The molecule has 0 radical (unpaired) electrons. The Bertz CT molecular complexity index is 1150. The average molecular weight is 469 g/mol. The number of aryl methyl sites for hydroxylation is 1. The van der Waals surface area contributed by atoms with Crippen LogP contribution in [0.3, 0.4) is 0 Å². The SMILES string of the molecule is Cc1ccc2c(c1)C1(C[C@H](O)[C@H](O)CO1)c1cc(C#C[C@H]3O[C@H](CO)[C@@H](O)[C@H](O)[C@@H]3O)ccc1-2. The summed E-state index contributed by atoms with van der Waals surface area (Å²) in [4.78, 5) is 0. The van der Waals surface area contributed by atoms with Crippen LogP contribution in [-0.2, 0) is 15.1 Å². The van der Waals surface area contributed by atoms with Gasteiger partial charge in [-0.3, -0.25) is 0 Å². The number of hydrogen-bond acceptors (Lipinski definition) is 8. The van der Waals surface area contributed by atoms with Crippen molar-refractivity contribution in [3.63, 3.8) is 0 Å². The van der Waals surface area contributed by atoms with Crippen molar-refractivity contribution in [2.24, 2.45) is 0 Å². The molecule has 2 aliphatic heterocycles. The van der Waals surface area contributed by atoms with E-state index in [1.165, 1.54) is 0 Å². The molecular weight excluding hydrogens is 440 g/mol. The van der Waals surface area contributed by atoms with E-state index in [1.807, 2.05) is 43.3 Å². The van der Waals surface area contributed by atoms with Gasteiger partial charge in [0.15, 0.2) is 0 Å². The van der Waals surface area contributed by atoms with E-state index in [-0.39, 0.29) is 13.0 Å². The Kier molecular flexibility index (Phi) is 6.01. The first-order chi connectivity index (χ1) is 16.2. The second-order valence-electron chi connectivity index (χ2n) is 9.31. The molecule has 180 valence electrons. The molecule has 0 aromatic heterocycles. The Labute approximate surface area is 197 Å². The fourth-order valence-electron chi connectivity index (χ4n) is 5.14. The van der Waals surface area contributed by atoms with Crippen molar-refractivity contribution in [3.05, 3.63) is 58.7 Å². The normalized spacial score (nSPS) is 36.5. The molecule has 34 heavy (non-hydrogen) atoms. The zero-order chi connectivity index (χ0) is 24.2. The van der Waals surface area contributed by atoms with Gasteiger partial charge < -0.3 is 40.1 Å². The van der Waals surface area contributed by atoms with Gasteiger partial charge in [-0.15, -0.1) is 0 Å². The summed E-state index contributed by atoms with van der Waals surface area (Å²) in [5.41, 5.74) is 4.46. The Morgan fingerprint density at radius 3 is 2.32 bits per heavy atom. The summed E-state index contributed by atoms with van der Waals surface area (Å²) in [6.07, 6.45) is -8.20. The summed E-state index contributed by atoms with van der Waals surface area (Å²) in [5, 5.41) is 60.2. The molecule has 5 rings (SSSR count). The van der Waals surface area contributed by atoms with Crippen LogP contribution in [0.15, 0.2) is 36.4 Å². The van der Waals surface area contributed by atoms with Crippen molar-refractivity contribution in [1.29, 1.82) is 0 Å². The van der Waals surface area contributed by atoms with Gasteiger partial charge in [0.1, 0.15) is 42.2 Å². The lowest BCUT2D eigenvalue weighted by Gasteiger charge is -2.40. The van der Waals surface area contributed by atoms with E-state index >= 15 is 0 Å². The summed E-state index contributed by atoms with van der Waals surface area (Å²) < 4.78 is 11.7. The molecule has 8 heteroatoms. The second kappa shape index (κ2) is 8.72. The highest BCUT2D eigenvalue weighted by Crippen LogP contribution is 2.54. The predicted octanol–water partition coefficient (Wildman–Crippen LogP) is -0.445. The largest absolute Gasteiger partial charge is 0.394 e. The lowest BCUT2D eigenvalue weighted by Crippen LogP contribution is -2.58. The molecule has 1 aliphatic carbocycles. The van der Waals surface area contributed by atoms with Gasteiger partial charge in [-0.2, -0.15) is 0 Å². The third-order valence-electron chi connectivity index (χ3n) is 7.05. The quantitative estimate of drug-likeness (QED) is 0.310. The van der Waals surface area contributed by atoms with E-state index in [2.05, 4.69) is 11.8 Å². The van der Waals surface area contributed by atoms with Crippen LogP contribution in [-0.4, -0.2) is 86.6 Å². The maximum atomic E-state index is 10.5. The molecule has 2 fully saturated rings. The fraction of sp³-hybridized carbons (Fsp3) is 0.462. The monoisotopic (exact) mass is 468 g/mol. The molecule has 0 saturated carbocycles. The third-order valence-corrected chi connectivity index (χ3v) is 7.05. The predicted molar refractivity (Wildman–Crippen MR) is 121 cm³/mol. The van der Waals surface area contributed by atoms with Gasteiger partial charge in [0, 0.05) is 12.0 Å². The molecule has 2 aromatic rings. The van der Waals surface area contributed by atoms with Crippen LogP contribution < -0.4 is 0 Å². The Hall–Kier alpha value is -2.32. The summed E-state index contributed by atoms with van der Waals surface area (Å²) in [6.45, 7) is 1.46. The van der Waals surface area contributed by atoms with Crippen LogP contribution >= 0.6 is 0 Å². The highest BCUT2D eigenvalue weighted by Gasteiger charge is 2.50. The van der Waals surface area contributed by atoms with E-state index in [0.717, 1.165) is 27.8 Å². The molecule has 2 heterocycles. The minimum absolute atomic E-state index is 0.00519. The summed E-state index contributed by atoms with van der Waals surface area (Å²) >= 11 is 0. The van der Waals surface area contributed by atoms with E-state index in [4.69, 9.17) is 9.47 Å². The molecule has 3 aliphatic rings. The zero-order valence-corrected chi connectivity index (χ0v) is 18.6. The molecule has 8 atom stereocenters. The molecule has 0 bridgehead atoms. The van der Waals surface area contributed by atoms with Crippen molar-refractivity contribution in [1.82, 2.24) is 0 Å². The highest BCUT2D eigenvalue weighted by molar-refractivity contribution is 5.81. The Morgan fingerprint density at radius 2 is 1.62 bits per heavy atom. The van der Waals surface area contributed by atoms with Crippen LogP contribution in [0.25, 0.3) is 11.1 Å². The number of ether oxygens (including phenoxy) is 2. The Balaban J connectivity index is 1.53. The van der Waals surface area contributed by atoms with Gasteiger partial charge >= 0.3 is 0 Å². The highest BCUT2D eigenvalue weighted by atomic mass is 16.5. The van der Waals surface area contributed by atoms with E-state index < -0.39 is 54.9 Å². The van der Waals surface area contributed by atoms with Crippen LogP contribution in [0, 0.1) is 18.8 Å². The lowest BCUT2D eigenvalue weighted by atomic mass is 9.81. The van der Waals surface area contributed by atoms with Gasteiger partial charge in [0.25, 0.3) is 0 Å². The molecule has 6 N–H and O–H groups in total. The first-order valence-electron chi connectivity index (χ1n) is 11.3. The van der Waals surface area contributed by atoms with E-state index in [1.54, 1.807) is 0 Å². The summed E-state index contributed by atoms with van der Waals surface area (Å²) in [6, 6.07) is 11.7. The maximum Gasteiger partial charge on any atom is 0.147 e. The van der Waals surface area contributed by atoms with Crippen LogP contribution in [0.1, 0.15) is 28.7 Å². The minimum atomic E-state index is -1.49. The molecular formula is C26H28O8. The third kappa shape index (κ3) is 3.66. The van der Waals surface area contributed by atoms with Gasteiger partial charge in [-0.1, -0.05) is 41.7 Å². The van der Waals surface area contributed by atoms with Crippen LogP contribution in [0.2, 0.25) is 0 Å². The van der Waals surface area contributed by atoms with Crippen molar-refractivity contribution in [2.45, 2.75) is 61.7 Å². The average Bonchev–Trinajstić information content (AvgIpc) is 3.08. The van der Waals surface area contributed by atoms with Gasteiger partial charge in [0.05, 0.1) is 19.3 Å². The van der Waals surface area contributed by atoms with Crippen molar-refractivity contribution in [2.75, 3.05) is 13.2 Å². The summed E-state index contributed by atoms with van der Waals surface area (Å²) in [5.74, 6) is 5.75. The first kappa shape index (κ1) is 23.4. The Morgan fingerprint density at radius 1 is 0.912 bits per heavy atom. The fourth-order valence-corrected chi connectivity index (χ4v) is 5.14. The molecule has 0 amide bonds. The van der Waals surface area contributed by atoms with Gasteiger partial charge in [-0.05, 0) is 41.3 Å². The minimum Gasteiger partial charge on any atom is -0.394 e. The van der Waals surface area contributed by atoms with E-state index in [0.29, 0.717) is 5.56 Å².